The number of nitrogens with two attached hydrogens (primary N) is 1. The molecule has 0 radical (unpaired) electrons. The van der Waals surface area contributed by atoms with Gasteiger partial charge in [0.15, 0.2) is 0 Å². The Bertz CT molecular complexity index is 1270. The van der Waals surface area contributed by atoms with Gasteiger partial charge in [-0.3, -0.25) is 29.4 Å². The molecule has 2 saturated carbocycles. The normalized spacial score (nSPS) is 22.3. The molecule has 1 aromatic carbocycles. The van der Waals surface area contributed by atoms with Crippen molar-refractivity contribution in [3.63, 3.8) is 0 Å². The molecule has 2 amide bonds. The van der Waals surface area contributed by atoms with Gasteiger partial charge in [-0.05, 0) is 67.5 Å². The fourth-order valence-corrected chi connectivity index (χ4v) is 6.59. The van der Waals surface area contributed by atoms with Crippen molar-refractivity contribution in [2.24, 2.45) is 17.6 Å². The van der Waals surface area contributed by atoms with E-state index in [-0.39, 0.29) is 19.6 Å². The summed E-state index contributed by atoms with van der Waals surface area (Å²) in [7, 11) is 0. The maximum absolute atomic E-state index is 13.8. The van der Waals surface area contributed by atoms with E-state index in [1.54, 1.807) is 17.2 Å². The number of hydrogen-bond acceptors (Lipinski definition) is 8. The van der Waals surface area contributed by atoms with Gasteiger partial charge in [0.25, 0.3) is 0 Å². The number of pyridine rings is 1. The van der Waals surface area contributed by atoms with Gasteiger partial charge < -0.3 is 21.3 Å². The molecule has 222 valence electrons. The Kier molecular flexibility index (Phi) is 9.93. The van der Waals surface area contributed by atoms with Crippen LogP contribution in [0, 0.1) is 11.8 Å². The molecule has 1 heterocycles. The number of aromatic nitrogens is 1. The van der Waals surface area contributed by atoms with Crippen LogP contribution in [0.3, 0.4) is 0 Å². The smallest absolute Gasteiger partial charge is 0.322 e. The molecule has 0 spiro atoms. The van der Waals surface area contributed by atoms with Gasteiger partial charge in [-0.15, -0.1) is 0 Å². The molecule has 11 nitrogen and oxygen atoms in total. The Morgan fingerprint density at radius 1 is 1.02 bits per heavy atom. The van der Waals surface area contributed by atoms with E-state index in [9.17, 15) is 24.3 Å². The summed E-state index contributed by atoms with van der Waals surface area (Å²) in [6.07, 6.45) is 10.2. The summed E-state index contributed by atoms with van der Waals surface area (Å²) >= 11 is 0. The van der Waals surface area contributed by atoms with Crippen molar-refractivity contribution in [1.29, 1.82) is 0 Å². The van der Waals surface area contributed by atoms with E-state index in [0.29, 0.717) is 30.5 Å². The molecule has 4 rings (SSSR count). The zero-order valence-corrected chi connectivity index (χ0v) is 23.6. The molecular weight excluding hydrogens is 526 g/mol. The molecule has 6 N–H and O–H groups in total. The number of imide groups is 1. The van der Waals surface area contributed by atoms with E-state index in [1.165, 1.54) is 39.0 Å². The Morgan fingerprint density at radius 2 is 1.71 bits per heavy atom. The third kappa shape index (κ3) is 7.39. The van der Waals surface area contributed by atoms with E-state index >= 15 is 0 Å². The SMILES string of the molecule is C[C@H](N)C(=O)NC(=O)C1(N(CC(=O)O)Cc2ccc3c(NCC(=O)O)nccc3c2)CCC(C2CCCCC2)CC1. The molecule has 0 aliphatic heterocycles. The largest absolute Gasteiger partial charge is 0.480 e. The summed E-state index contributed by atoms with van der Waals surface area (Å²) in [5, 5.41) is 25.7. The molecule has 1 atom stereocenters. The van der Waals surface area contributed by atoms with Crippen LogP contribution in [0.25, 0.3) is 10.8 Å². The summed E-state index contributed by atoms with van der Waals surface area (Å²) in [5.74, 6) is -1.60. The highest BCUT2D eigenvalue weighted by atomic mass is 16.4. The summed E-state index contributed by atoms with van der Waals surface area (Å²) < 4.78 is 0. The first-order chi connectivity index (χ1) is 19.6. The second-order valence-electron chi connectivity index (χ2n) is 11.6. The van der Waals surface area contributed by atoms with Crippen molar-refractivity contribution in [3.05, 3.63) is 36.0 Å². The van der Waals surface area contributed by atoms with E-state index in [4.69, 9.17) is 10.8 Å². The van der Waals surface area contributed by atoms with Crippen molar-refractivity contribution in [3.8, 4) is 0 Å². The van der Waals surface area contributed by atoms with Gasteiger partial charge in [0.1, 0.15) is 17.9 Å². The molecule has 11 heteroatoms. The van der Waals surface area contributed by atoms with Crippen molar-refractivity contribution in [2.75, 3.05) is 18.4 Å². The monoisotopic (exact) mass is 567 g/mol. The predicted octanol–water partition coefficient (Wildman–Crippen LogP) is 3.12. The predicted molar refractivity (Wildman–Crippen MR) is 154 cm³/mol. The summed E-state index contributed by atoms with van der Waals surface area (Å²) in [5.41, 5.74) is 5.36. The first-order valence-electron chi connectivity index (χ1n) is 14.5. The zero-order valence-electron chi connectivity index (χ0n) is 23.6. The van der Waals surface area contributed by atoms with Crippen molar-refractivity contribution in [2.45, 2.75) is 82.8 Å². The Balaban J connectivity index is 1.63. The number of carboxylic acid groups (broad SMARTS) is 2. The molecule has 0 saturated heterocycles. The lowest BCUT2D eigenvalue weighted by atomic mass is 9.67. The lowest BCUT2D eigenvalue weighted by Crippen LogP contribution is -2.63. The minimum absolute atomic E-state index is 0.177. The summed E-state index contributed by atoms with van der Waals surface area (Å²) in [4.78, 5) is 55.4. The molecule has 41 heavy (non-hydrogen) atoms. The number of amides is 2. The van der Waals surface area contributed by atoms with Gasteiger partial charge in [-0.25, -0.2) is 4.98 Å². The first kappa shape index (κ1) is 30.4. The number of aliphatic carboxylic acids is 2. The number of carbonyl (C=O) groups is 4. The van der Waals surface area contributed by atoms with Gasteiger partial charge in [0.05, 0.1) is 12.6 Å². The highest BCUT2D eigenvalue weighted by molar-refractivity contribution is 6.02. The van der Waals surface area contributed by atoms with Crippen LogP contribution in [0.15, 0.2) is 30.5 Å². The van der Waals surface area contributed by atoms with Gasteiger partial charge in [-0.1, -0.05) is 44.2 Å². The van der Waals surface area contributed by atoms with E-state index in [0.717, 1.165) is 29.2 Å². The van der Waals surface area contributed by atoms with Crippen LogP contribution in [0.4, 0.5) is 5.82 Å². The maximum Gasteiger partial charge on any atom is 0.322 e. The van der Waals surface area contributed by atoms with E-state index < -0.39 is 35.3 Å². The quantitative estimate of drug-likeness (QED) is 0.271. The van der Waals surface area contributed by atoms with Crippen molar-refractivity contribution < 1.29 is 29.4 Å². The highest BCUT2D eigenvalue weighted by Crippen LogP contribution is 2.44. The topological polar surface area (TPSA) is 175 Å². The molecule has 0 bridgehead atoms. The van der Waals surface area contributed by atoms with Crippen molar-refractivity contribution in [1.82, 2.24) is 15.2 Å². The van der Waals surface area contributed by atoms with Gasteiger partial charge in [0.2, 0.25) is 11.8 Å². The van der Waals surface area contributed by atoms with Gasteiger partial charge in [-0.2, -0.15) is 0 Å². The van der Waals surface area contributed by atoms with Crippen LogP contribution in [0.1, 0.15) is 70.3 Å². The fourth-order valence-electron chi connectivity index (χ4n) is 6.59. The first-order valence-corrected chi connectivity index (χ1v) is 14.5. The van der Waals surface area contributed by atoms with Crippen LogP contribution >= 0.6 is 0 Å². The molecule has 1 aromatic heterocycles. The molecule has 2 aromatic rings. The second-order valence-corrected chi connectivity index (χ2v) is 11.6. The highest BCUT2D eigenvalue weighted by Gasteiger charge is 2.48. The van der Waals surface area contributed by atoms with Crippen molar-refractivity contribution >= 4 is 40.3 Å². The third-order valence-corrected chi connectivity index (χ3v) is 8.79. The molecule has 2 fully saturated rings. The number of hydrogen-bond donors (Lipinski definition) is 5. The minimum atomic E-state index is -1.17. The zero-order chi connectivity index (χ0) is 29.6. The van der Waals surface area contributed by atoms with Crippen LogP contribution in [0.5, 0.6) is 0 Å². The van der Waals surface area contributed by atoms with Crippen LogP contribution < -0.4 is 16.4 Å². The maximum atomic E-state index is 13.8. The fraction of sp³-hybridized carbons (Fsp3) is 0.567. The number of carboxylic acids is 2. The Morgan fingerprint density at radius 3 is 2.34 bits per heavy atom. The lowest BCUT2D eigenvalue weighted by Gasteiger charge is -2.47. The number of nitrogens with zero attached hydrogens (tertiary/aromatic N) is 2. The standard InChI is InChI=1S/C30H41N5O6/c1-19(31)28(40)34-29(41)30(12-9-22(10-13-30)21-5-3-2-4-6-21)35(18-26(38)39)17-20-7-8-24-23(15-20)11-14-32-27(24)33-16-25(36)37/h7-8,11,14-15,19,21-22H,2-6,9-10,12-13,16-18,31H2,1H3,(H,32,33)(H,36,37)(H,38,39)(H,34,40,41)/t19-,22?,30?/m0/s1. The molecular formula is C30H41N5O6. The Hall–Kier alpha value is -3.57. The number of rotatable bonds is 11. The van der Waals surface area contributed by atoms with Crippen LogP contribution in [-0.4, -0.2) is 68.5 Å². The Labute approximate surface area is 239 Å². The van der Waals surface area contributed by atoms with Crippen LogP contribution in [-0.2, 0) is 25.7 Å². The van der Waals surface area contributed by atoms with Crippen LogP contribution in [0.2, 0.25) is 0 Å². The molecule has 2 aliphatic carbocycles. The second kappa shape index (κ2) is 13.4. The van der Waals surface area contributed by atoms with E-state index in [2.05, 4.69) is 15.6 Å². The molecule has 0 unspecified atom stereocenters. The van der Waals surface area contributed by atoms with Gasteiger partial charge >= 0.3 is 11.9 Å². The number of benzene rings is 1. The minimum Gasteiger partial charge on any atom is -0.480 e. The van der Waals surface area contributed by atoms with E-state index in [1.807, 2.05) is 18.2 Å². The number of nitrogens with one attached hydrogen (secondary N) is 2. The number of carbonyl (C=O) groups excluding carboxylic acids is 2. The number of fused-ring (bicyclic) bond motifs is 1. The number of anilines is 1. The summed E-state index contributed by atoms with van der Waals surface area (Å²) in [6, 6.07) is 6.46. The average Bonchev–Trinajstić information content (AvgIpc) is 2.95. The summed E-state index contributed by atoms with van der Waals surface area (Å²) in [6.45, 7) is 1.04. The average molecular weight is 568 g/mol. The van der Waals surface area contributed by atoms with Gasteiger partial charge in [0, 0.05) is 18.1 Å². The third-order valence-electron chi connectivity index (χ3n) is 8.79. The lowest BCUT2D eigenvalue weighted by molar-refractivity contribution is -0.148. The molecule has 2 aliphatic rings.